The van der Waals surface area contributed by atoms with Gasteiger partial charge in [-0.25, -0.2) is 13.2 Å². The molecule has 1 aromatic rings. The number of benzene rings is 1. The maximum atomic E-state index is 12.4. The van der Waals surface area contributed by atoms with Gasteiger partial charge in [-0.1, -0.05) is 12.1 Å². The lowest BCUT2D eigenvalue weighted by Gasteiger charge is -2.30. The van der Waals surface area contributed by atoms with Gasteiger partial charge < -0.3 is 9.84 Å². The average molecular weight is 310 g/mol. The molecule has 1 aromatic carbocycles. The first kappa shape index (κ1) is 15.4. The fraction of sp³-hybridized carbons (Fsp3) is 0.385. The van der Waals surface area contributed by atoms with E-state index in [2.05, 4.69) is 0 Å². The second-order valence-corrected chi connectivity index (χ2v) is 6.48. The summed E-state index contributed by atoms with van der Waals surface area (Å²) in [6.45, 7) is -0.0492. The number of hydrogen-bond donors (Lipinski definition) is 1. The van der Waals surface area contributed by atoms with Gasteiger partial charge in [0.25, 0.3) is 0 Å². The van der Waals surface area contributed by atoms with Crippen LogP contribution in [-0.4, -0.2) is 49.6 Å². The van der Waals surface area contributed by atoms with E-state index < -0.39 is 22.1 Å². The third-order valence-corrected chi connectivity index (χ3v) is 5.03. The number of ether oxygens (including phenoxy) is 1. The third-order valence-electron chi connectivity index (χ3n) is 3.15. The molecule has 8 heteroatoms. The van der Waals surface area contributed by atoms with E-state index in [0.29, 0.717) is 0 Å². The van der Waals surface area contributed by atoms with Gasteiger partial charge >= 0.3 is 5.97 Å². The molecule has 1 atom stereocenters. The molecule has 0 spiro atoms. The van der Waals surface area contributed by atoms with E-state index in [1.54, 1.807) is 12.1 Å². The number of morpholine rings is 1. The molecule has 1 aliphatic heterocycles. The van der Waals surface area contributed by atoms with Crippen LogP contribution in [0.5, 0.6) is 0 Å². The van der Waals surface area contributed by atoms with E-state index in [0.717, 1.165) is 9.87 Å². The highest BCUT2D eigenvalue weighted by atomic mass is 32.2. The van der Waals surface area contributed by atoms with E-state index >= 15 is 0 Å². The van der Waals surface area contributed by atoms with Crippen molar-refractivity contribution in [3.05, 3.63) is 29.8 Å². The Morgan fingerprint density at radius 2 is 2.10 bits per heavy atom. The second kappa shape index (κ2) is 6.22. The van der Waals surface area contributed by atoms with Crippen molar-refractivity contribution in [3.8, 4) is 6.07 Å². The van der Waals surface area contributed by atoms with Crippen LogP contribution in [0.1, 0.15) is 5.56 Å². The van der Waals surface area contributed by atoms with E-state index in [1.165, 1.54) is 12.1 Å². The van der Waals surface area contributed by atoms with E-state index in [4.69, 9.17) is 15.1 Å². The number of carbonyl (C=O) groups is 1. The molecule has 0 saturated carbocycles. The second-order valence-electron chi connectivity index (χ2n) is 4.54. The number of hydrogen-bond acceptors (Lipinski definition) is 5. The molecule has 1 unspecified atom stereocenters. The predicted molar refractivity (Wildman–Crippen MR) is 71.9 cm³/mol. The molecule has 0 radical (unpaired) electrons. The quantitative estimate of drug-likeness (QED) is 0.852. The van der Waals surface area contributed by atoms with Crippen molar-refractivity contribution in [2.75, 3.05) is 19.7 Å². The normalized spacial score (nSPS) is 19.9. The predicted octanol–water partition coefficient (Wildman–Crippen LogP) is 0.227. The van der Waals surface area contributed by atoms with Crippen molar-refractivity contribution in [1.29, 1.82) is 5.26 Å². The highest BCUT2D eigenvalue weighted by molar-refractivity contribution is 7.89. The first-order valence-electron chi connectivity index (χ1n) is 6.25. The highest BCUT2D eigenvalue weighted by Gasteiger charge is 2.33. The van der Waals surface area contributed by atoms with E-state index in [-0.39, 0.29) is 31.0 Å². The number of rotatable bonds is 4. The lowest BCUT2D eigenvalue weighted by molar-refractivity contribution is -0.153. The number of nitrogens with zero attached hydrogens (tertiary/aromatic N) is 2. The molecule has 1 fully saturated rings. The van der Waals surface area contributed by atoms with Crippen LogP contribution in [0.15, 0.2) is 29.2 Å². The van der Waals surface area contributed by atoms with Gasteiger partial charge in [0, 0.05) is 6.54 Å². The van der Waals surface area contributed by atoms with Crippen LogP contribution in [-0.2, 0) is 26.0 Å². The Bertz CT molecular complexity index is 663. The summed E-state index contributed by atoms with van der Waals surface area (Å²) in [4.78, 5) is 11.0. The summed E-state index contributed by atoms with van der Waals surface area (Å²) in [7, 11) is -3.75. The van der Waals surface area contributed by atoms with Crippen molar-refractivity contribution in [2.45, 2.75) is 17.4 Å². The Labute approximate surface area is 122 Å². The Kier molecular flexibility index (Phi) is 4.57. The van der Waals surface area contributed by atoms with Gasteiger partial charge in [0.2, 0.25) is 10.0 Å². The zero-order valence-electron chi connectivity index (χ0n) is 11.1. The molecule has 0 bridgehead atoms. The van der Waals surface area contributed by atoms with Gasteiger partial charge in [-0.2, -0.15) is 9.57 Å². The summed E-state index contributed by atoms with van der Waals surface area (Å²) < 4.78 is 31.0. The van der Waals surface area contributed by atoms with E-state index in [9.17, 15) is 13.2 Å². The molecule has 21 heavy (non-hydrogen) atoms. The lowest BCUT2D eigenvalue weighted by Crippen LogP contribution is -2.48. The first-order chi connectivity index (χ1) is 9.95. The fourth-order valence-corrected chi connectivity index (χ4v) is 3.44. The standard InChI is InChI=1S/C13H14N2O5S/c14-6-5-10-1-3-11(4-2-10)21(18,19)15-7-8-20-12(9-15)13(16)17/h1-4,12H,5,7-9H2,(H,16,17). The van der Waals surface area contributed by atoms with Crippen LogP contribution in [0.25, 0.3) is 0 Å². The zero-order chi connectivity index (χ0) is 15.5. The van der Waals surface area contributed by atoms with Gasteiger partial charge in [-0.05, 0) is 17.7 Å². The summed E-state index contributed by atoms with van der Waals surface area (Å²) in [5, 5.41) is 17.5. The molecule has 112 valence electrons. The first-order valence-corrected chi connectivity index (χ1v) is 7.69. The molecule has 0 aromatic heterocycles. The van der Waals surface area contributed by atoms with Gasteiger partial charge in [0.1, 0.15) is 0 Å². The summed E-state index contributed by atoms with van der Waals surface area (Å²) >= 11 is 0. The molecule has 0 amide bonds. The molecule has 2 rings (SSSR count). The number of nitriles is 1. The maximum absolute atomic E-state index is 12.4. The van der Waals surface area contributed by atoms with Crippen molar-refractivity contribution in [2.24, 2.45) is 0 Å². The molecule has 7 nitrogen and oxygen atoms in total. The molecule has 1 aliphatic rings. The highest BCUT2D eigenvalue weighted by Crippen LogP contribution is 2.19. The minimum Gasteiger partial charge on any atom is -0.479 e. The van der Waals surface area contributed by atoms with Crippen LogP contribution in [0.2, 0.25) is 0 Å². The van der Waals surface area contributed by atoms with Crippen molar-refractivity contribution >= 4 is 16.0 Å². The van der Waals surface area contributed by atoms with E-state index in [1.807, 2.05) is 6.07 Å². The fourth-order valence-electron chi connectivity index (χ4n) is 2.01. The van der Waals surface area contributed by atoms with Gasteiger partial charge in [0.15, 0.2) is 6.10 Å². The van der Waals surface area contributed by atoms with Gasteiger partial charge in [-0.15, -0.1) is 0 Å². The number of carboxylic acids is 1. The monoisotopic (exact) mass is 310 g/mol. The van der Waals surface area contributed by atoms with Gasteiger partial charge in [0.05, 0.1) is 30.5 Å². The van der Waals surface area contributed by atoms with Crippen LogP contribution in [0.3, 0.4) is 0 Å². The summed E-state index contributed by atoms with van der Waals surface area (Å²) in [6, 6.07) is 7.98. The van der Waals surface area contributed by atoms with Crippen LogP contribution in [0.4, 0.5) is 0 Å². The summed E-state index contributed by atoms with van der Waals surface area (Å²) in [6.07, 6.45) is -0.940. The SMILES string of the molecule is N#CCc1ccc(S(=O)(=O)N2CCOC(C(=O)O)C2)cc1. The third kappa shape index (κ3) is 3.39. The summed E-state index contributed by atoms with van der Waals surface area (Å²) in [5.74, 6) is -1.18. The van der Waals surface area contributed by atoms with Crippen molar-refractivity contribution < 1.29 is 23.1 Å². The summed E-state index contributed by atoms with van der Waals surface area (Å²) in [5.41, 5.74) is 0.724. The Hall–Kier alpha value is -1.95. The molecular formula is C13H14N2O5S. The smallest absolute Gasteiger partial charge is 0.334 e. The van der Waals surface area contributed by atoms with Crippen LogP contribution >= 0.6 is 0 Å². The minimum atomic E-state index is -3.75. The van der Waals surface area contributed by atoms with Crippen molar-refractivity contribution in [3.63, 3.8) is 0 Å². The lowest BCUT2D eigenvalue weighted by atomic mass is 10.2. The molecule has 1 saturated heterocycles. The number of sulfonamides is 1. The van der Waals surface area contributed by atoms with Crippen LogP contribution < -0.4 is 0 Å². The van der Waals surface area contributed by atoms with Crippen LogP contribution in [0, 0.1) is 11.3 Å². The Balaban J connectivity index is 2.21. The number of aliphatic carboxylic acids is 1. The average Bonchev–Trinajstić information content (AvgIpc) is 2.48. The number of carboxylic acid groups (broad SMARTS) is 1. The molecular weight excluding hydrogens is 296 g/mol. The zero-order valence-corrected chi connectivity index (χ0v) is 11.9. The minimum absolute atomic E-state index is 0.0444. The van der Waals surface area contributed by atoms with Crippen molar-refractivity contribution in [1.82, 2.24) is 4.31 Å². The molecule has 1 heterocycles. The largest absolute Gasteiger partial charge is 0.479 e. The molecule has 0 aliphatic carbocycles. The topological polar surface area (TPSA) is 108 Å². The maximum Gasteiger partial charge on any atom is 0.334 e. The Morgan fingerprint density at radius 3 is 2.67 bits per heavy atom. The molecule has 1 N–H and O–H groups in total. The Morgan fingerprint density at radius 1 is 1.43 bits per heavy atom. The van der Waals surface area contributed by atoms with Gasteiger partial charge in [-0.3, -0.25) is 0 Å².